The van der Waals surface area contributed by atoms with Gasteiger partial charge in [0, 0.05) is 12.1 Å². The summed E-state index contributed by atoms with van der Waals surface area (Å²) in [6.45, 7) is 1.89. The Labute approximate surface area is 105 Å². The molecule has 0 aliphatic rings. The maximum absolute atomic E-state index is 9.76. The molecule has 0 radical (unpaired) electrons. The Hall–Kier alpha value is -1.06. The topological polar surface area (TPSA) is 26.7 Å². The van der Waals surface area contributed by atoms with Crippen LogP contribution in [0.25, 0.3) is 0 Å². The van der Waals surface area contributed by atoms with Crippen molar-refractivity contribution in [2.24, 2.45) is 0 Å². The van der Waals surface area contributed by atoms with E-state index in [2.05, 4.69) is 30.0 Å². The van der Waals surface area contributed by atoms with Crippen LogP contribution in [-0.4, -0.2) is 49.6 Å². The Bertz CT molecular complexity index is 348. The van der Waals surface area contributed by atoms with Crippen molar-refractivity contribution in [2.45, 2.75) is 19.4 Å². The lowest BCUT2D eigenvalue weighted by atomic mass is 10.1. The van der Waals surface area contributed by atoms with E-state index in [1.54, 1.807) is 0 Å². The lowest BCUT2D eigenvalue weighted by Crippen LogP contribution is -2.13. The Morgan fingerprint density at radius 3 is 2.35 bits per heavy atom. The first kappa shape index (κ1) is 14.0. The minimum Gasteiger partial charge on any atom is -0.508 e. The fraction of sp³-hybridized carbons (Fsp3) is 0.571. The number of hydrogen-bond donors (Lipinski definition) is 1. The molecule has 0 bridgehead atoms. The van der Waals surface area contributed by atoms with Crippen molar-refractivity contribution in [3.05, 3.63) is 29.3 Å². The van der Waals surface area contributed by atoms with Crippen molar-refractivity contribution < 1.29 is 5.11 Å². The number of aromatic hydroxyl groups is 1. The lowest BCUT2D eigenvalue weighted by Gasteiger charge is -2.13. The summed E-state index contributed by atoms with van der Waals surface area (Å²) in [6, 6.07) is 5.94. The molecule has 3 heteroatoms. The molecule has 0 unspecified atom stereocenters. The van der Waals surface area contributed by atoms with Gasteiger partial charge in [-0.1, -0.05) is 12.1 Å². The van der Waals surface area contributed by atoms with Crippen molar-refractivity contribution in [3.63, 3.8) is 0 Å². The minimum atomic E-state index is 0.398. The van der Waals surface area contributed by atoms with Crippen molar-refractivity contribution >= 4 is 0 Å². The summed E-state index contributed by atoms with van der Waals surface area (Å²) in [7, 11) is 8.21. The molecule has 1 rings (SSSR count). The van der Waals surface area contributed by atoms with Gasteiger partial charge in [0.25, 0.3) is 0 Å². The van der Waals surface area contributed by atoms with Gasteiger partial charge in [-0.25, -0.2) is 0 Å². The van der Waals surface area contributed by atoms with Gasteiger partial charge in [-0.2, -0.15) is 0 Å². The highest BCUT2D eigenvalue weighted by molar-refractivity contribution is 5.36. The van der Waals surface area contributed by atoms with Crippen molar-refractivity contribution in [3.8, 4) is 5.75 Å². The van der Waals surface area contributed by atoms with Gasteiger partial charge in [0.05, 0.1) is 0 Å². The van der Waals surface area contributed by atoms with Crippen LogP contribution in [-0.2, 0) is 13.0 Å². The van der Waals surface area contributed by atoms with E-state index in [9.17, 15) is 5.11 Å². The summed E-state index contributed by atoms with van der Waals surface area (Å²) in [5.41, 5.74) is 2.32. The van der Waals surface area contributed by atoms with Crippen LogP contribution in [0.4, 0.5) is 0 Å². The van der Waals surface area contributed by atoms with Crippen LogP contribution in [0.2, 0.25) is 0 Å². The number of rotatable bonds is 6. The lowest BCUT2D eigenvalue weighted by molar-refractivity contribution is 0.385. The molecular formula is C14H24N2O. The molecule has 1 aromatic carbocycles. The van der Waals surface area contributed by atoms with Gasteiger partial charge in [-0.3, -0.25) is 0 Å². The van der Waals surface area contributed by atoms with Gasteiger partial charge < -0.3 is 14.9 Å². The maximum atomic E-state index is 9.76. The van der Waals surface area contributed by atoms with E-state index >= 15 is 0 Å². The Kier molecular flexibility index (Phi) is 5.45. The van der Waals surface area contributed by atoms with E-state index in [4.69, 9.17) is 0 Å². The molecule has 0 aliphatic carbocycles. The summed E-state index contributed by atoms with van der Waals surface area (Å²) in [6.07, 6.45) is 2.22. The van der Waals surface area contributed by atoms with Gasteiger partial charge in [0.15, 0.2) is 0 Å². The van der Waals surface area contributed by atoms with Gasteiger partial charge in [-0.15, -0.1) is 0 Å². The number of nitrogens with zero attached hydrogens (tertiary/aromatic N) is 2. The number of aryl methyl sites for hydroxylation is 1. The monoisotopic (exact) mass is 236 g/mol. The van der Waals surface area contributed by atoms with Gasteiger partial charge in [0.2, 0.25) is 0 Å². The zero-order valence-electron chi connectivity index (χ0n) is 11.4. The Morgan fingerprint density at radius 1 is 1.06 bits per heavy atom. The van der Waals surface area contributed by atoms with Crippen LogP contribution >= 0.6 is 0 Å². The molecule has 0 saturated heterocycles. The number of phenolic OH excluding ortho intramolecular Hbond substituents is 1. The average molecular weight is 236 g/mol. The van der Waals surface area contributed by atoms with E-state index in [0.29, 0.717) is 5.75 Å². The molecule has 0 aromatic heterocycles. The molecule has 0 fully saturated rings. The number of benzene rings is 1. The SMILES string of the molecule is CN(C)CCCc1ccc(O)c(CN(C)C)c1. The molecule has 0 saturated carbocycles. The van der Waals surface area contributed by atoms with Gasteiger partial charge in [-0.05, 0) is 59.2 Å². The molecule has 0 heterocycles. The fourth-order valence-corrected chi connectivity index (χ4v) is 1.86. The van der Waals surface area contributed by atoms with Crippen LogP contribution in [0.3, 0.4) is 0 Å². The van der Waals surface area contributed by atoms with E-state index in [-0.39, 0.29) is 0 Å². The first-order valence-corrected chi connectivity index (χ1v) is 6.09. The third-order valence-corrected chi connectivity index (χ3v) is 2.70. The van der Waals surface area contributed by atoms with Crippen LogP contribution in [0.1, 0.15) is 17.5 Å². The second kappa shape index (κ2) is 6.62. The summed E-state index contributed by atoms with van der Waals surface area (Å²) in [4.78, 5) is 4.26. The zero-order chi connectivity index (χ0) is 12.8. The standard InChI is InChI=1S/C14H24N2O/c1-15(2)9-5-6-12-7-8-14(17)13(10-12)11-16(3)4/h7-8,10,17H,5-6,9,11H2,1-4H3. The molecule has 0 atom stereocenters. The maximum Gasteiger partial charge on any atom is 0.120 e. The quantitative estimate of drug-likeness (QED) is 0.818. The summed E-state index contributed by atoms with van der Waals surface area (Å²) < 4.78 is 0. The first-order valence-electron chi connectivity index (χ1n) is 6.09. The van der Waals surface area contributed by atoms with Crippen LogP contribution in [0.5, 0.6) is 5.75 Å². The molecule has 0 spiro atoms. The minimum absolute atomic E-state index is 0.398. The van der Waals surface area contributed by atoms with Gasteiger partial charge in [0.1, 0.15) is 5.75 Å². The molecule has 1 N–H and O–H groups in total. The fourth-order valence-electron chi connectivity index (χ4n) is 1.86. The van der Waals surface area contributed by atoms with E-state index < -0.39 is 0 Å². The van der Waals surface area contributed by atoms with Gasteiger partial charge >= 0.3 is 0 Å². The van der Waals surface area contributed by atoms with Crippen LogP contribution < -0.4 is 0 Å². The van der Waals surface area contributed by atoms with E-state index in [1.807, 2.05) is 26.2 Å². The summed E-state index contributed by atoms with van der Waals surface area (Å²) in [5.74, 6) is 0.398. The van der Waals surface area contributed by atoms with E-state index in [0.717, 1.165) is 31.5 Å². The first-order chi connectivity index (χ1) is 7.99. The Morgan fingerprint density at radius 2 is 1.76 bits per heavy atom. The highest BCUT2D eigenvalue weighted by atomic mass is 16.3. The van der Waals surface area contributed by atoms with Crippen molar-refractivity contribution in [1.29, 1.82) is 0 Å². The molecule has 1 aromatic rings. The zero-order valence-corrected chi connectivity index (χ0v) is 11.4. The highest BCUT2D eigenvalue weighted by Gasteiger charge is 2.04. The molecule has 0 aliphatic heterocycles. The average Bonchev–Trinajstić information content (AvgIpc) is 2.21. The second-order valence-electron chi connectivity index (χ2n) is 5.11. The largest absolute Gasteiger partial charge is 0.508 e. The predicted octanol–water partition coefficient (Wildman–Crippen LogP) is 1.95. The summed E-state index contributed by atoms with van der Waals surface area (Å²) >= 11 is 0. The molecule has 96 valence electrons. The predicted molar refractivity (Wildman–Crippen MR) is 72.4 cm³/mol. The summed E-state index contributed by atoms with van der Waals surface area (Å²) in [5, 5.41) is 9.76. The van der Waals surface area contributed by atoms with Crippen molar-refractivity contribution in [2.75, 3.05) is 34.7 Å². The molecule has 3 nitrogen and oxygen atoms in total. The Balaban J connectivity index is 2.61. The number of phenols is 1. The molecule has 17 heavy (non-hydrogen) atoms. The van der Waals surface area contributed by atoms with Crippen LogP contribution in [0.15, 0.2) is 18.2 Å². The molecular weight excluding hydrogens is 212 g/mol. The normalized spacial score (nSPS) is 11.4. The molecule has 0 amide bonds. The number of hydrogen-bond acceptors (Lipinski definition) is 3. The van der Waals surface area contributed by atoms with Crippen LogP contribution in [0, 0.1) is 0 Å². The third kappa shape index (κ3) is 5.20. The third-order valence-electron chi connectivity index (χ3n) is 2.70. The second-order valence-corrected chi connectivity index (χ2v) is 5.11. The van der Waals surface area contributed by atoms with E-state index in [1.165, 1.54) is 5.56 Å². The highest BCUT2D eigenvalue weighted by Crippen LogP contribution is 2.20. The van der Waals surface area contributed by atoms with Crippen molar-refractivity contribution in [1.82, 2.24) is 9.80 Å². The smallest absolute Gasteiger partial charge is 0.120 e.